The van der Waals surface area contributed by atoms with Gasteiger partial charge in [0.1, 0.15) is 10.6 Å². The average molecular weight is 354 g/mol. The Kier molecular flexibility index (Phi) is 5.08. The number of hydrogen-bond donors (Lipinski definition) is 2. The van der Waals surface area contributed by atoms with E-state index in [9.17, 15) is 13.2 Å². The molecule has 0 saturated heterocycles. The normalized spacial score (nSPS) is 11.3. The first-order valence-corrected chi connectivity index (χ1v) is 9.24. The van der Waals surface area contributed by atoms with Crippen molar-refractivity contribution in [3.8, 4) is 5.75 Å². The van der Waals surface area contributed by atoms with E-state index in [0.717, 1.165) is 16.9 Å². The summed E-state index contributed by atoms with van der Waals surface area (Å²) in [5, 5.41) is 7.85. The Morgan fingerprint density at radius 2 is 2.04 bits per heavy atom. The van der Waals surface area contributed by atoms with Gasteiger partial charge in [-0.25, -0.2) is 13.6 Å². The van der Waals surface area contributed by atoms with E-state index in [0.29, 0.717) is 10.6 Å². The third-order valence-corrected chi connectivity index (χ3v) is 5.61. The van der Waals surface area contributed by atoms with Crippen LogP contribution in [0.3, 0.4) is 0 Å². The highest BCUT2D eigenvalue weighted by atomic mass is 32.2. The first-order chi connectivity index (χ1) is 10.8. The largest absolute Gasteiger partial charge is 0.495 e. The molecule has 6 nitrogen and oxygen atoms in total. The minimum Gasteiger partial charge on any atom is -0.495 e. The molecular formula is C15H18N2O4S2. The number of primary sulfonamides is 1. The van der Waals surface area contributed by atoms with Gasteiger partial charge in [-0.1, -0.05) is 6.92 Å². The van der Waals surface area contributed by atoms with E-state index >= 15 is 0 Å². The number of ether oxygens (including phenoxy) is 1. The van der Waals surface area contributed by atoms with Crippen LogP contribution in [-0.4, -0.2) is 21.4 Å². The number of methoxy groups -OCH3 is 1. The van der Waals surface area contributed by atoms with Gasteiger partial charge in [-0.15, -0.1) is 11.3 Å². The number of carbonyl (C=O) groups is 1. The van der Waals surface area contributed by atoms with Crippen LogP contribution in [0.1, 0.15) is 27.0 Å². The number of amides is 1. The molecular weight excluding hydrogens is 336 g/mol. The highest BCUT2D eigenvalue weighted by molar-refractivity contribution is 7.89. The average Bonchev–Trinajstić information content (AvgIpc) is 2.87. The van der Waals surface area contributed by atoms with E-state index in [1.807, 2.05) is 19.9 Å². The maximum absolute atomic E-state index is 12.3. The summed E-state index contributed by atoms with van der Waals surface area (Å²) in [6.45, 7) is 3.99. The van der Waals surface area contributed by atoms with Crippen molar-refractivity contribution in [1.29, 1.82) is 0 Å². The third-order valence-electron chi connectivity index (χ3n) is 3.29. The number of rotatable bonds is 5. The zero-order chi connectivity index (χ0) is 17.2. The molecule has 8 heteroatoms. The van der Waals surface area contributed by atoms with E-state index in [4.69, 9.17) is 9.88 Å². The minimum absolute atomic E-state index is 0.130. The molecule has 124 valence electrons. The first kappa shape index (κ1) is 17.5. The van der Waals surface area contributed by atoms with Crippen molar-refractivity contribution in [3.63, 3.8) is 0 Å². The Bertz CT molecular complexity index is 841. The standard InChI is InChI=1S/C15H18N2O4S2/c1-4-12-9(2)7-13(22-12)15(18)17-10-5-6-11(21-3)14(8-10)23(16,19)20/h5-8H,4H2,1-3H3,(H,17,18)(H2,16,19,20). The van der Waals surface area contributed by atoms with Gasteiger partial charge >= 0.3 is 0 Å². The minimum atomic E-state index is -3.95. The number of anilines is 1. The van der Waals surface area contributed by atoms with Crippen LogP contribution in [0, 0.1) is 6.92 Å². The van der Waals surface area contributed by atoms with Crippen molar-refractivity contribution >= 4 is 33.0 Å². The van der Waals surface area contributed by atoms with Crippen molar-refractivity contribution < 1.29 is 17.9 Å². The van der Waals surface area contributed by atoms with Crippen molar-refractivity contribution in [2.24, 2.45) is 5.14 Å². The molecule has 1 aromatic heterocycles. The number of hydrogen-bond acceptors (Lipinski definition) is 5. The predicted molar refractivity (Wildman–Crippen MR) is 90.8 cm³/mol. The van der Waals surface area contributed by atoms with E-state index < -0.39 is 10.0 Å². The molecule has 2 aromatic rings. The molecule has 1 aromatic carbocycles. The van der Waals surface area contributed by atoms with Gasteiger partial charge < -0.3 is 10.1 Å². The van der Waals surface area contributed by atoms with Crippen molar-refractivity contribution in [1.82, 2.24) is 0 Å². The topological polar surface area (TPSA) is 98.5 Å². The molecule has 0 aliphatic rings. The van der Waals surface area contributed by atoms with Crippen LogP contribution in [0.5, 0.6) is 5.75 Å². The third kappa shape index (κ3) is 3.90. The molecule has 0 bridgehead atoms. The molecule has 0 spiro atoms. The van der Waals surface area contributed by atoms with Gasteiger partial charge in [0.05, 0.1) is 12.0 Å². The highest BCUT2D eigenvalue weighted by Gasteiger charge is 2.17. The summed E-state index contributed by atoms with van der Waals surface area (Å²) in [4.78, 5) is 13.9. The van der Waals surface area contributed by atoms with Crippen molar-refractivity contribution in [2.75, 3.05) is 12.4 Å². The first-order valence-electron chi connectivity index (χ1n) is 6.87. The fraction of sp³-hybridized carbons (Fsp3) is 0.267. The molecule has 1 amide bonds. The van der Waals surface area contributed by atoms with Crippen LogP contribution < -0.4 is 15.2 Å². The SMILES string of the molecule is CCc1sc(C(=O)Nc2ccc(OC)c(S(N)(=O)=O)c2)cc1C. The molecule has 3 N–H and O–H groups in total. The lowest BCUT2D eigenvalue weighted by atomic mass is 10.2. The van der Waals surface area contributed by atoms with Crippen LogP contribution >= 0.6 is 11.3 Å². The Balaban J connectivity index is 2.31. The van der Waals surface area contributed by atoms with E-state index in [1.54, 1.807) is 6.07 Å². The number of benzene rings is 1. The number of nitrogens with two attached hydrogens (primary N) is 1. The Morgan fingerprint density at radius 3 is 2.57 bits per heavy atom. The number of carbonyl (C=O) groups excluding carboxylic acids is 1. The van der Waals surface area contributed by atoms with E-state index in [2.05, 4.69) is 5.32 Å². The number of aryl methyl sites for hydroxylation is 2. The molecule has 0 aliphatic carbocycles. The summed E-state index contributed by atoms with van der Waals surface area (Å²) in [6.07, 6.45) is 0.863. The molecule has 0 atom stereocenters. The quantitative estimate of drug-likeness (QED) is 0.862. The van der Waals surface area contributed by atoms with Crippen LogP contribution in [0.25, 0.3) is 0 Å². The van der Waals surface area contributed by atoms with Gasteiger partial charge in [0, 0.05) is 10.6 Å². The molecule has 23 heavy (non-hydrogen) atoms. The van der Waals surface area contributed by atoms with E-state index in [-0.39, 0.29) is 16.6 Å². The Hall–Kier alpha value is -1.90. The summed E-state index contributed by atoms with van der Waals surface area (Å²) < 4.78 is 28.2. The van der Waals surface area contributed by atoms with Gasteiger partial charge in [-0.3, -0.25) is 4.79 Å². The maximum atomic E-state index is 12.3. The van der Waals surface area contributed by atoms with Gasteiger partial charge in [0.15, 0.2) is 0 Å². The zero-order valence-electron chi connectivity index (χ0n) is 13.0. The summed E-state index contributed by atoms with van der Waals surface area (Å²) >= 11 is 1.42. The second-order valence-corrected chi connectivity index (χ2v) is 7.60. The molecule has 1 heterocycles. The van der Waals surface area contributed by atoms with Crippen LogP contribution in [0.15, 0.2) is 29.2 Å². The molecule has 0 aliphatic heterocycles. The second kappa shape index (κ2) is 6.69. The summed E-state index contributed by atoms with van der Waals surface area (Å²) in [7, 11) is -2.60. The fourth-order valence-electron chi connectivity index (χ4n) is 2.15. The lowest BCUT2D eigenvalue weighted by Crippen LogP contribution is -2.15. The predicted octanol–water partition coefficient (Wildman–Crippen LogP) is 2.53. The Morgan fingerprint density at radius 1 is 1.35 bits per heavy atom. The van der Waals surface area contributed by atoms with Crippen LogP contribution in [0.4, 0.5) is 5.69 Å². The van der Waals surface area contributed by atoms with Crippen molar-refractivity contribution in [2.45, 2.75) is 25.2 Å². The van der Waals surface area contributed by atoms with E-state index in [1.165, 1.54) is 30.6 Å². The van der Waals surface area contributed by atoms with Gasteiger partial charge in [-0.2, -0.15) is 0 Å². The lowest BCUT2D eigenvalue weighted by Gasteiger charge is -2.09. The smallest absolute Gasteiger partial charge is 0.265 e. The zero-order valence-corrected chi connectivity index (χ0v) is 14.7. The molecule has 0 radical (unpaired) electrons. The van der Waals surface area contributed by atoms with Gasteiger partial charge in [0.2, 0.25) is 10.0 Å². The summed E-state index contributed by atoms with van der Waals surface area (Å²) in [5.74, 6) is -0.158. The Labute approximate surface area is 139 Å². The molecule has 0 unspecified atom stereocenters. The van der Waals surface area contributed by atoms with Crippen LogP contribution in [-0.2, 0) is 16.4 Å². The van der Waals surface area contributed by atoms with Crippen molar-refractivity contribution in [3.05, 3.63) is 39.6 Å². The number of thiophene rings is 1. The van der Waals surface area contributed by atoms with Crippen LogP contribution in [0.2, 0.25) is 0 Å². The second-order valence-electron chi connectivity index (χ2n) is 4.94. The number of nitrogens with one attached hydrogen (secondary N) is 1. The monoisotopic (exact) mass is 354 g/mol. The summed E-state index contributed by atoms with van der Waals surface area (Å²) in [5.41, 5.74) is 1.41. The fourth-order valence-corrected chi connectivity index (χ4v) is 3.88. The highest BCUT2D eigenvalue weighted by Crippen LogP contribution is 2.27. The lowest BCUT2D eigenvalue weighted by molar-refractivity contribution is 0.103. The van der Waals surface area contributed by atoms with Gasteiger partial charge in [0.25, 0.3) is 5.91 Å². The van der Waals surface area contributed by atoms with Gasteiger partial charge in [-0.05, 0) is 43.2 Å². The maximum Gasteiger partial charge on any atom is 0.265 e. The summed E-state index contributed by atoms with van der Waals surface area (Å²) in [6, 6.07) is 6.12. The number of sulfonamides is 1. The molecule has 0 saturated carbocycles. The molecule has 0 fully saturated rings. The molecule has 2 rings (SSSR count).